The standard InChI is InChI=1S/2C11H11.ClH.Sc/c2*1-2-9-7-10-5-3-4-6-11(10)8-9;;/h2*3-8H,2H2,1H3;1H;/q2*-1;;+3/p-1. The molecule has 4 aromatic carbocycles. The van der Waals surface area contributed by atoms with Crippen LogP contribution in [0.15, 0.2) is 72.8 Å². The molecule has 24 heavy (non-hydrogen) atoms. The average Bonchev–Trinajstić information content (AvgIpc) is 3.18. The van der Waals surface area contributed by atoms with Crippen LogP contribution in [0.1, 0.15) is 25.0 Å². The van der Waals surface area contributed by atoms with Crippen molar-refractivity contribution >= 4 is 21.5 Å². The van der Waals surface area contributed by atoms with Crippen LogP contribution in [0.3, 0.4) is 0 Å². The Kier molecular flexibility index (Phi) is 8.66. The third-order valence-corrected chi connectivity index (χ3v) is 4.17. The summed E-state index contributed by atoms with van der Waals surface area (Å²) in [6, 6.07) is 26.0. The van der Waals surface area contributed by atoms with E-state index in [0.29, 0.717) is 0 Å². The maximum Gasteiger partial charge on any atom is 3.00 e. The Morgan fingerprint density at radius 3 is 1.38 bits per heavy atom. The Morgan fingerprint density at radius 1 is 0.667 bits per heavy atom. The molecule has 0 aromatic heterocycles. The first kappa shape index (κ1) is 20.9. The van der Waals surface area contributed by atoms with Gasteiger partial charge in [0.25, 0.3) is 0 Å². The van der Waals surface area contributed by atoms with E-state index in [1.54, 1.807) is 0 Å². The van der Waals surface area contributed by atoms with Crippen LogP contribution >= 0.6 is 0 Å². The minimum Gasteiger partial charge on any atom is -1.00 e. The Hall–Kier alpha value is -1.18. The summed E-state index contributed by atoms with van der Waals surface area (Å²) in [5.41, 5.74) is 2.87. The van der Waals surface area contributed by atoms with E-state index in [1.807, 2.05) is 0 Å². The zero-order chi connectivity index (χ0) is 15.4. The summed E-state index contributed by atoms with van der Waals surface area (Å²) in [5, 5.41) is 5.46. The molecule has 0 saturated carbocycles. The van der Waals surface area contributed by atoms with Crippen molar-refractivity contribution < 1.29 is 38.3 Å². The molecule has 0 spiro atoms. The molecule has 4 aromatic rings. The van der Waals surface area contributed by atoms with Crippen LogP contribution < -0.4 is 12.4 Å². The van der Waals surface area contributed by atoms with Gasteiger partial charge in [-0.3, -0.25) is 0 Å². The molecule has 0 aliphatic rings. The zero-order valence-corrected chi connectivity index (χ0v) is 16.9. The molecule has 2 heteroatoms. The molecule has 0 nitrogen and oxygen atoms in total. The molecule has 0 aliphatic heterocycles. The predicted molar refractivity (Wildman–Crippen MR) is 97.8 cm³/mol. The van der Waals surface area contributed by atoms with E-state index in [0.717, 1.165) is 12.8 Å². The molecule has 0 saturated heterocycles. The molecule has 0 N–H and O–H groups in total. The summed E-state index contributed by atoms with van der Waals surface area (Å²) in [6.07, 6.45) is 2.27. The van der Waals surface area contributed by atoms with Gasteiger partial charge in [-0.2, -0.15) is 12.1 Å². The molecule has 0 bridgehead atoms. The first-order valence-corrected chi connectivity index (χ1v) is 8.09. The molecular weight excluding hydrogens is 345 g/mol. The molecule has 4 rings (SSSR count). The molecule has 0 amide bonds. The zero-order valence-electron chi connectivity index (χ0n) is 14.3. The van der Waals surface area contributed by atoms with Crippen LogP contribution in [-0.4, -0.2) is 0 Å². The van der Waals surface area contributed by atoms with Gasteiger partial charge in [0.1, 0.15) is 0 Å². The summed E-state index contributed by atoms with van der Waals surface area (Å²) >= 11 is 0. The maximum atomic E-state index is 2.26. The van der Waals surface area contributed by atoms with Crippen LogP contribution in [0.4, 0.5) is 0 Å². The second-order valence-electron chi connectivity index (χ2n) is 5.69. The molecular formula is C22H22ClSc. The largest absolute Gasteiger partial charge is 3.00 e. The van der Waals surface area contributed by atoms with Gasteiger partial charge in [0, 0.05) is 0 Å². The van der Waals surface area contributed by atoms with Crippen LogP contribution in [0.25, 0.3) is 21.5 Å². The minimum absolute atomic E-state index is 0. The molecule has 0 fully saturated rings. The van der Waals surface area contributed by atoms with Gasteiger partial charge in [0.2, 0.25) is 0 Å². The van der Waals surface area contributed by atoms with E-state index >= 15 is 0 Å². The topological polar surface area (TPSA) is 0 Å². The molecule has 0 atom stereocenters. The number of aryl methyl sites for hydroxylation is 2. The average molecular weight is 367 g/mol. The van der Waals surface area contributed by atoms with Crippen molar-refractivity contribution in [1.82, 2.24) is 0 Å². The maximum absolute atomic E-state index is 2.26. The second-order valence-corrected chi connectivity index (χ2v) is 5.69. The van der Waals surface area contributed by atoms with Crippen molar-refractivity contribution in [2.75, 3.05) is 0 Å². The number of benzene rings is 2. The Balaban J connectivity index is 0.000000222. The second kappa shape index (κ2) is 9.96. The van der Waals surface area contributed by atoms with Gasteiger partial charge in [-0.15, -0.1) is 81.2 Å². The van der Waals surface area contributed by atoms with Crippen LogP contribution in [-0.2, 0) is 38.7 Å². The Labute approximate surface area is 169 Å². The van der Waals surface area contributed by atoms with E-state index in [2.05, 4.69) is 86.6 Å². The predicted octanol–water partition coefficient (Wildman–Crippen LogP) is 3.24. The number of rotatable bonds is 2. The Morgan fingerprint density at radius 2 is 1.04 bits per heavy atom. The number of hydrogen-bond donors (Lipinski definition) is 0. The first-order chi connectivity index (χ1) is 10.8. The minimum atomic E-state index is 0. The van der Waals surface area contributed by atoms with Gasteiger partial charge in [-0.25, -0.2) is 0 Å². The van der Waals surface area contributed by atoms with Gasteiger partial charge in [0.05, 0.1) is 0 Å². The van der Waals surface area contributed by atoms with Crippen LogP contribution in [0.5, 0.6) is 0 Å². The van der Waals surface area contributed by atoms with E-state index in [-0.39, 0.29) is 38.3 Å². The van der Waals surface area contributed by atoms with Crippen molar-refractivity contribution in [2.24, 2.45) is 0 Å². The number of halogens is 1. The summed E-state index contributed by atoms with van der Waals surface area (Å²) < 4.78 is 0. The molecule has 120 valence electrons. The first-order valence-electron chi connectivity index (χ1n) is 8.09. The summed E-state index contributed by atoms with van der Waals surface area (Å²) in [5.74, 6) is 0. The number of fused-ring (bicyclic) bond motifs is 2. The van der Waals surface area contributed by atoms with Crippen LogP contribution in [0, 0.1) is 0 Å². The fourth-order valence-electron chi connectivity index (χ4n) is 2.84. The molecule has 0 heterocycles. The van der Waals surface area contributed by atoms with E-state index in [4.69, 9.17) is 0 Å². The van der Waals surface area contributed by atoms with Gasteiger partial charge < -0.3 is 12.4 Å². The van der Waals surface area contributed by atoms with Gasteiger partial charge in [-0.05, 0) is 12.8 Å². The van der Waals surface area contributed by atoms with Crippen molar-refractivity contribution in [2.45, 2.75) is 26.7 Å². The summed E-state index contributed by atoms with van der Waals surface area (Å²) in [7, 11) is 0. The monoisotopic (exact) mass is 366 g/mol. The van der Waals surface area contributed by atoms with Crippen molar-refractivity contribution in [3.05, 3.63) is 83.9 Å². The van der Waals surface area contributed by atoms with E-state index in [9.17, 15) is 0 Å². The normalized spacial score (nSPS) is 9.75. The fraction of sp³-hybridized carbons (Fsp3) is 0.182. The van der Waals surface area contributed by atoms with Crippen molar-refractivity contribution in [3.8, 4) is 0 Å². The molecule has 0 unspecified atom stereocenters. The van der Waals surface area contributed by atoms with Crippen molar-refractivity contribution in [1.29, 1.82) is 0 Å². The third kappa shape index (κ3) is 4.91. The van der Waals surface area contributed by atoms with E-state index < -0.39 is 0 Å². The Bertz CT molecular complexity index is 730. The number of hydrogen-bond acceptors (Lipinski definition) is 0. The van der Waals surface area contributed by atoms with Crippen LogP contribution in [0.2, 0.25) is 0 Å². The van der Waals surface area contributed by atoms with Crippen molar-refractivity contribution in [3.63, 3.8) is 0 Å². The molecule has 0 radical (unpaired) electrons. The summed E-state index contributed by atoms with van der Waals surface area (Å²) in [6.45, 7) is 4.38. The SMILES string of the molecule is CCc1cc2ccccc2[cH-]1.CCc1cc2ccccc2[cH-]1.[Cl-].[Sc+3]. The molecule has 0 aliphatic carbocycles. The van der Waals surface area contributed by atoms with Gasteiger partial charge in [-0.1, -0.05) is 26.0 Å². The quantitative estimate of drug-likeness (QED) is 0.478. The third-order valence-electron chi connectivity index (χ3n) is 4.17. The fourth-order valence-corrected chi connectivity index (χ4v) is 2.84. The smallest absolute Gasteiger partial charge is 1.00 e. The van der Waals surface area contributed by atoms with E-state index in [1.165, 1.54) is 32.7 Å². The summed E-state index contributed by atoms with van der Waals surface area (Å²) in [4.78, 5) is 0. The van der Waals surface area contributed by atoms with Gasteiger partial charge in [0.15, 0.2) is 0 Å². The van der Waals surface area contributed by atoms with Gasteiger partial charge >= 0.3 is 25.8 Å².